The van der Waals surface area contributed by atoms with E-state index in [1.165, 1.54) is 6.07 Å². The molecular formula is C16H27FN4O. The standard InChI is InChI=1S/C16H27FN4O/c1-4-22-13-11-20-16(18-2)19-10-7-12-21(3)15-9-6-5-8-14(15)17/h5-6,8-9H,4,7,10-13H2,1-3H3,(H2,18,19,20). The topological polar surface area (TPSA) is 48.9 Å². The van der Waals surface area contributed by atoms with Crippen molar-refractivity contribution in [2.24, 2.45) is 4.99 Å². The van der Waals surface area contributed by atoms with Crippen LogP contribution in [-0.4, -0.2) is 52.9 Å². The lowest BCUT2D eigenvalue weighted by atomic mass is 10.2. The van der Waals surface area contributed by atoms with Crippen molar-refractivity contribution in [2.45, 2.75) is 13.3 Å². The van der Waals surface area contributed by atoms with Crippen molar-refractivity contribution < 1.29 is 9.13 Å². The van der Waals surface area contributed by atoms with Crippen molar-refractivity contribution in [3.8, 4) is 0 Å². The first-order valence-electron chi connectivity index (χ1n) is 7.67. The molecule has 0 saturated heterocycles. The van der Waals surface area contributed by atoms with Crippen LogP contribution in [0.1, 0.15) is 13.3 Å². The SMILES string of the molecule is CCOCCNC(=NC)NCCCN(C)c1ccccc1F. The summed E-state index contributed by atoms with van der Waals surface area (Å²) in [4.78, 5) is 6.06. The minimum atomic E-state index is -0.189. The number of hydrogen-bond acceptors (Lipinski definition) is 3. The van der Waals surface area contributed by atoms with Crippen LogP contribution in [0.2, 0.25) is 0 Å². The van der Waals surface area contributed by atoms with Gasteiger partial charge in [0.15, 0.2) is 5.96 Å². The largest absolute Gasteiger partial charge is 0.380 e. The summed E-state index contributed by atoms with van der Waals surface area (Å²) in [6, 6.07) is 6.81. The second-order valence-electron chi connectivity index (χ2n) is 4.85. The lowest BCUT2D eigenvalue weighted by Gasteiger charge is -2.20. The van der Waals surface area contributed by atoms with E-state index in [2.05, 4.69) is 15.6 Å². The maximum Gasteiger partial charge on any atom is 0.191 e. The third-order valence-corrected chi connectivity index (χ3v) is 3.19. The van der Waals surface area contributed by atoms with E-state index in [0.717, 1.165) is 38.6 Å². The molecule has 0 radical (unpaired) electrons. The first-order chi connectivity index (χ1) is 10.7. The molecule has 0 bridgehead atoms. The Morgan fingerprint density at radius 1 is 1.27 bits per heavy atom. The molecule has 1 rings (SSSR count). The van der Waals surface area contributed by atoms with Crippen LogP contribution in [0.15, 0.2) is 29.3 Å². The minimum absolute atomic E-state index is 0.189. The molecule has 1 aromatic carbocycles. The second kappa shape index (κ2) is 10.8. The molecule has 0 unspecified atom stereocenters. The number of hydrogen-bond donors (Lipinski definition) is 2. The van der Waals surface area contributed by atoms with Crippen molar-refractivity contribution in [3.63, 3.8) is 0 Å². The van der Waals surface area contributed by atoms with Crippen molar-refractivity contribution in [1.82, 2.24) is 10.6 Å². The first kappa shape index (κ1) is 18.2. The highest BCUT2D eigenvalue weighted by molar-refractivity contribution is 5.79. The van der Waals surface area contributed by atoms with Gasteiger partial charge in [-0.2, -0.15) is 0 Å². The minimum Gasteiger partial charge on any atom is -0.380 e. The zero-order valence-corrected chi connectivity index (χ0v) is 13.7. The van der Waals surface area contributed by atoms with Gasteiger partial charge in [0.05, 0.1) is 12.3 Å². The summed E-state index contributed by atoms with van der Waals surface area (Å²) in [5.74, 6) is 0.569. The maximum atomic E-state index is 13.6. The number of nitrogens with zero attached hydrogens (tertiary/aromatic N) is 2. The van der Waals surface area contributed by atoms with E-state index in [9.17, 15) is 4.39 Å². The molecule has 5 nitrogen and oxygen atoms in total. The van der Waals surface area contributed by atoms with E-state index in [1.807, 2.05) is 24.9 Å². The molecule has 0 aromatic heterocycles. The number of nitrogens with one attached hydrogen (secondary N) is 2. The maximum absolute atomic E-state index is 13.6. The van der Waals surface area contributed by atoms with Gasteiger partial charge in [-0.15, -0.1) is 0 Å². The molecular weight excluding hydrogens is 283 g/mol. The van der Waals surface area contributed by atoms with Gasteiger partial charge in [0, 0.05) is 40.3 Å². The highest BCUT2D eigenvalue weighted by atomic mass is 19.1. The van der Waals surface area contributed by atoms with E-state index in [4.69, 9.17) is 4.74 Å². The molecule has 0 spiro atoms. The van der Waals surface area contributed by atoms with Crippen molar-refractivity contribution >= 4 is 11.6 Å². The molecule has 22 heavy (non-hydrogen) atoms. The Morgan fingerprint density at radius 3 is 2.68 bits per heavy atom. The van der Waals surface area contributed by atoms with Crippen LogP contribution in [0.4, 0.5) is 10.1 Å². The van der Waals surface area contributed by atoms with Crippen LogP contribution < -0.4 is 15.5 Å². The lowest BCUT2D eigenvalue weighted by Crippen LogP contribution is -2.40. The van der Waals surface area contributed by atoms with Gasteiger partial charge in [-0.25, -0.2) is 4.39 Å². The molecule has 0 aliphatic rings. The molecule has 0 saturated carbocycles. The van der Waals surface area contributed by atoms with Gasteiger partial charge in [0.1, 0.15) is 5.82 Å². The van der Waals surface area contributed by atoms with Crippen LogP contribution in [0.5, 0.6) is 0 Å². The van der Waals surface area contributed by atoms with Gasteiger partial charge in [0.2, 0.25) is 0 Å². The van der Waals surface area contributed by atoms with E-state index < -0.39 is 0 Å². The number of guanidine groups is 1. The molecule has 6 heteroatoms. The summed E-state index contributed by atoms with van der Waals surface area (Å²) in [5, 5.41) is 6.40. The van der Waals surface area contributed by atoms with Crippen molar-refractivity contribution in [3.05, 3.63) is 30.1 Å². The monoisotopic (exact) mass is 310 g/mol. The van der Waals surface area contributed by atoms with Gasteiger partial charge < -0.3 is 20.3 Å². The summed E-state index contributed by atoms with van der Waals surface area (Å²) >= 11 is 0. The molecule has 124 valence electrons. The predicted octanol–water partition coefficient (Wildman–Crippen LogP) is 1.85. The number of anilines is 1. The molecule has 0 aliphatic heterocycles. The predicted molar refractivity (Wildman–Crippen MR) is 90.1 cm³/mol. The van der Waals surface area contributed by atoms with Gasteiger partial charge in [-0.3, -0.25) is 4.99 Å². The van der Waals surface area contributed by atoms with Crippen molar-refractivity contribution in [1.29, 1.82) is 0 Å². The summed E-state index contributed by atoms with van der Waals surface area (Å²) in [6.07, 6.45) is 0.886. The van der Waals surface area contributed by atoms with Crippen molar-refractivity contribution in [2.75, 3.05) is 51.8 Å². The Kier molecular flexibility index (Phi) is 8.98. The highest BCUT2D eigenvalue weighted by Gasteiger charge is 2.05. The van der Waals surface area contributed by atoms with E-state index in [0.29, 0.717) is 12.3 Å². The van der Waals surface area contributed by atoms with E-state index in [-0.39, 0.29) is 5.82 Å². The second-order valence-corrected chi connectivity index (χ2v) is 4.85. The smallest absolute Gasteiger partial charge is 0.191 e. The van der Waals surface area contributed by atoms with Gasteiger partial charge in [-0.1, -0.05) is 12.1 Å². The summed E-state index contributed by atoms with van der Waals surface area (Å²) in [6.45, 7) is 5.61. The zero-order valence-electron chi connectivity index (χ0n) is 13.7. The number of rotatable bonds is 9. The quantitative estimate of drug-likeness (QED) is 0.415. The fraction of sp³-hybridized carbons (Fsp3) is 0.562. The first-order valence-corrected chi connectivity index (χ1v) is 7.67. The highest BCUT2D eigenvalue weighted by Crippen LogP contribution is 2.16. The fourth-order valence-corrected chi connectivity index (χ4v) is 2.01. The number of ether oxygens (including phenoxy) is 1. The number of aliphatic imine (C=N–C) groups is 1. The summed E-state index contributed by atoms with van der Waals surface area (Å²) in [5.41, 5.74) is 0.627. The lowest BCUT2D eigenvalue weighted by molar-refractivity contribution is 0.152. The Labute approximate surface area is 132 Å². The Hall–Kier alpha value is -1.82. The third kappa shape index (κ3) is 6.76. The average Bonchev–Trinajstić information content (AvgIpc) is 2.53. The van der Waals surface area contributed by atoms with Gasteiger partial charge >= 0.3 is 0 Å². The molecule has 1 aromatic rings. The zero-order chi connectivity index (χ0) is 16.2. The van der Waals surface area contributed by atoms with Gasteiger partial charge in [-0.05, 0) is 25.5 Å². The number of benzene rings is 1. The van der Waals surface area contributed by atoms with Crippen LogP contribution in [0, 0.1) is 5.82 Å². The Morgan fingerprint density at radius 2 is 2.00 bits per heavy atom. The molecule has 0 amide bonds. The molecule has 0 heterocycles. The van der Waals surface area contributed by atoms with Crippen LogP contribution >= 0.6 is 0 Å². The number of para-hydroxylation sites is 1. The number of halogens is 1. The third-order valence-electron chi connectivity index (χ3n) is 3.19. The van der Waals surface area contributed by atoms with Crippen LogP contribution in [0.3, 0.4) is 0 Å². The van der Waals surface area contributed by atoms with Gasteiger partial charge in [0.25, 0.3) is 0 Å². The summed E-state index contributed by atoms with van der Waals surface area (Å²) < 4.78 is 18.9. The van der Waals surface area contributed by atoms with Crippen LogP contribution in [-0.2, 0) is 4.74 Å². The normalized spacial score (nSPS) is 11.4. The van der Waals surface area contributed by atoms with Crippen LogP contribution in [0.25, 0.3) is 0 Å². The van der Waals surface area contributed by atoms with E-state index in [1.54, 1.807) is 19.2 Å². The fourth-order valence-electron chi connectivity index (χ4n) is 2.01. The molecule has 0 atom stereocenters. The molecule has 2 N–H and O–H groups in total. The molecule has 0 fully saturated rings. The average molecular weight is 310 g/mol. The Bertz CT molecular complexity index is 454. The molecule has 0 aliphatic carbocycles. The van der Waals surface area contributed by atoms with E-state index >= 15 is 0 Å². The Balaban J connectivity index is 2.22. The summed E-state index contributed by atoms with van der Waals surface area (Å²) in [7, 11) is 3.63.